The number of methoxy groups -OCH3 is 1. The van der Waals surface area contributed by atoms with Gasteiger partial charge in [-0.05, 0) is 24.1 Å². The maximum absolute atomic E-state index is 12.6. The van der Waals surface area contributed by atoms with Crippen molar-refractivity contribution in [2.24, 2.45) is 0 Å². The van der Waals surface area contributed by atoms with E-state index in [2.05, 4.69) is 11.0 Å². The molecular formula is C21H27N3O5. The number of benzene rings is 1. The maximum atomic E-state index is 12.6. The van der Waals surface area contributed by atoms with E-state index in [4.69, 9.17) is 14.2 Å². The second-order valence-electron chi connectivity index (χ2n) is 7.52. The van der Waals surface area contributed by atoms with Gasteiger partial charge in [0.05, 0.1) is 13.7 Å². The lowest BCUT2D eigenvalue weighted by Gasteiger charge is -2.26. The first kappa shape index (κ1) is 19.6. The van der Waals surface area contributed by atoms with E-state index in [1.165, 1.54) is 10.5 Å². The Hall–Kier alpha value is -2.74. The summed E-state index contributed by atoms with van der Waals surface area (Å²) < 4.78 is 16.2. The number of fused-ring (bicyclic) bond motifs is 1. The molecule has 1 aromatic rings. The first-order valence-corrected chi connectivity index (χ1v) is 10.0. The predicted octanol–water partition coefficient (Wildman–Crippen LogP) is 1.46. The van der Waals surface area contributed by atoms with Crippen molar-refractivity contribution in [2.45, 2.75) is 6.42 Å². The van der Waals surface area contributed by atoms with Gasteiger partial charge in [-0.25, -0.2) is 4.79 Å². The Labute approximate surface area is 170 Å². The van der Waals surface area contributed by atoms with Gasteiger partial charge in [0.2, 0.25) is 5.91 Å². The molecule has 156 valence electrons. The third kappa shape index (κ3) is 4.48. The Bertz CT molecular complexity index is 810. The highest BCUT2D eigenvalue weighted by Gasteiger charge is 2.27. The summed E-state index contributed by atoms with van der Waals surface area (Å²) in [5.74, 6) is 1.54. The molecule has 0 N–H and O–H groups in total. The fraction of sp³-hybridized carbons (Fsp3) is 0.524. The second kappa shape index (κ2) is 8.73. The highest BCUT2D eigenvalue weighted by Crippen LogP contribution is 2.35. The van der Waals surface area contributed by atoms with Crippen LogP contribution in [0.1, 0.15) is 12.0 Å². The molecule has 8 nitrogen and oxygen atoms in total. The third-order valence-corrected chi connectivity index (χ3v) is 5.53. The molecule has 0 radical (unpaired) electrons. The Morgan fingerprint density at radius 2 is 2.03 bits per heavy atom. The number of para-hydroxylation sites is 1. The number of rotatable bonds is 5. The van der Waals surface area contributed by atoms with Crippen LogP contribution >= 0.6 is 0 Å². The van der Waals surface area contributed by atoms with Crippen LogP contribution in [-0.4, -0.2) is 92.8 Å². The lowest BCUT2D eigenvalue weighted by Crippen LogP contribution is -2.42. The number of ether oxygens (including phenoxy) is 3. The van der Waals surface area contributed by atoms with Crippen LogP contribution in [0.4, 0.5) is 4.79 Å². The molecular weight excluding hydrogens is 374 g/mol. The summed E-state index contributed by atoms with van der Waals surface area (Å²) in [4.78, 5) is 29.8. The van der Waals surface area contributed by atoms with E-state index in [1.807, 2.05) is 23.1 Å². The van der Waals surface area contributed by atoms with Gasteiger partial charge in [0, 0.05) is 38.3 Å². The minimum absolute atomic E-state index is 0.00747. The molecule has 0 saturated carbocycles. The molecule has 3 heterocycles. The lowest BCUT2D eigenvalue weighted by atomic mass is 10.1. The SMILES string of the molecule is COc1cccc2c1OCC(CN1CCCN(C(=O)CN3CCOC3=O)CC1)=C2. The third-order valence-electron chi connectivity index (χ3n) is 5.53. The van der Waals surface area contributed by atoms with Crippen molar-refractivity contribution in [1.82, 2.24) is 14.7 Å². The minimum Gasteiger partial charge on any atom is -0.493 e. The highest BCUT2D eigenvalue weighted by atomic mass is 16.6. The van der Waals surface area contributed by atoms with Gasteiger partial charge in [0.15, 0.2) is 11.5 Å². The molecule has 2 fully saturated rings. The summed E-state index contributed by atoms with van der Waals surface area (Å²) in [5, 5.41) is 0. The maximum Gasteiger partial charge on any atom is 0.410 e. The van der Waals surface area contributed by atoms with Crippen LogP contribution in [0.25, 0.3) is 6.08 Å². The summed E-state index contributed by atoms with van der Waals surface area (Å²) in [6.45, 7) is 5.44. The van der Waals surface area contributed by atoms with Crippen molar-refractivity contribution in [2.75, 3.05) is 66.1 Å². The van der Waals surface area contributed by atoms with Gasteiger partial charge in [0.1, 0.15) is 19.8 Å². The number of hydrogen-bond acceptors (Lipinski definition) is 6. The molecule has 3 aliphatic heterocycles. The van der Waals surface area contributed by atoms with Gasteiger partial charge >= 0.3 is 6.09 Å². The molecule has 0 spiro atoms. The first-order valence-electron chi connectivity index (χ1n) is 10.0. The average molecular weight is 401 g/mol. The fourth-order valence-electron chi connectivity index (χ4n) is 3.98. The number of carbonyl (C=O) groups is 2. The van der Waals surface area contributed by atoms with Gasteiger partial charge in [-0.15, -0.1) is 0 Å². The summed E-state index contributed by atoms with van der Waals surface area (Å²) in [6, 6.07) is 5.90. The van der Waals surface area contributed by atoms with Crippen LogP contribution in [0.3, 0.4) is 0 Å². The van der Waals surface area contributed by atoms with Crippen LogP contribution in [-0.2, 0) is 9.53 Å². The van der Waals surface area contributed by atoms with E-state index in [0.717, 1.165) is 43.1 Å². The van der Waals surface area contributed by atoms with Crippen molar-refractivity contribution >= 4 is 18.1 Å². The van der Waals surface area contributed by atoms with Crippen molar-refractivity contribution in [3.63, 3.8) is 0 Å². The number of hydrogen-bond donors (Lipinski definition) is 0. The van der Waals surface area contributed by atoms with Crippen LogP contribution in [0.2, 0.25) is 0 Å². The van der Waals surface area contributed by atoms with E-state index in [0.29, 0.717) is 32.8 Å². The summed E-state index contributed by atoms with van der Waals surface area (Å²) in [5.41, 5.74) is 2.25. The van der Waals surface area contributed by atoms with Crippen LogP contribution in [0.15, 0.2) is 23.8 Å². The van der Waals surface area contributed by atoms with Crippen molar-refractivity contribution in [3.8, 4) is 11.5 Å². The number of carbonyl (C=O) groups excluding carboxylic acids is 2. The Morgan fingerprint density at radius 1 is 1.14 bits per heavy atom. The van der Waals surface area contributed by atoms with E-state index in [-0.39, 0.29) is 12.5 Å². The normalized spacial score (nSPS) is 19.8. The largest absolute Gasteiger partial charge is 0.493 e. The second-order valence-corrected chi connectivity index (χ2v) is 7.52. The molecule has 0 atom stereocenters. The Balaban J connectivity index is 1.32. The van der Waals surface area contributed by atoms with Crippen LogP contribution in [0.5, 0.6) is 11.5 Å². The van der Waals surface area contributed by atoms with Crippen molar-refractivity contribution in [1.29, 1.82) is 0 Å². The predicted molar refractivity (Wildman–Crippen MR) is 107 cm³/mol. The van der Waals surface area contributed by atoms with Gasteiger partial charge in [-0.3, -0.25) is 14.6 Å². The van der Waals surface area contributed by atoms with Crippen LogP contribution in [0, 0.1) is 0 Å². The van der Waals surface area contributed by atoms with Crippen molar-refractivity contribution < 1.29 is 23.8 Å². The quantitative estimate of drug-likeness (QED) is 0.744. The fourth-order valence-corrected chi connectivity index (χ4v) is 3.98. The number of amides is 2. The molecule has 1 aromatic carbocycles. The lowest BCUT2D eigenvalue weighted by molar-refractivity contribution is -0.131. The highest BCUT2D eigenvalue weighted by molar-refractivity contribution is 5.83. The van der Waals surface area contributed by atoms with Crippen LogP contribution < -0.4 is 9.47 Å². The molecule has 3 aliphatic rings. The molecule has 4 rings (SSSR count). The summed E-state index contributed by atoms with van der Waals surface area (Å²) in [7, 11) is 1.65. The molecule has 0 bridgehead atoms. The summed E-state index contributed by atoms with van der Waals surface area (Å²) >= 11 is 0. The summed E-state index contributed by atoms with van der Waals surface area (Å²) in [6.07, 6.45) is 2.69. The van der Waals surface area contributed by atoms with E-state index < -0.39 is 6.09 Å². The smallest absolute Gasteiger partial charge is 0.410 e. The van der Waals surface area contributed by atoms with E-state index in [1.54, 1.807) is 7.11 Å². The zero-order valence-corrected chi connectivity index (χ0v) is 16.8. The molecule has 0 unspecified atom stereocenters. The number of cyclic esters (lactones) is 1. The molecule has 2 amide bonds. The van der Waals surface area contributed by atoms with Gasteiger partial charge in [0.25, 0.3) is 0 Å². The number of nitrogens with zero attached hydrogens (tertiary/aromatic N) is 3. The molecule has 0 aliphatic carbocycles. The molecule has 0 aromatic heterocycles. The van der Waals surface area contributed by atoms with Gasteiger partial charge in [-0.2, -0.15) is 0 Å². The monoisotopic (exact) mass is 401 g/mol. The zero-order valence-electron chi connectivity index (χ0n) is 16.8. The zero-order chi connectivity index (χ0) is 20.2. The Kier molecular flexibility index (Phi) is 5.89. The van der Waals surface area contributed by atoms with E-state index >= 15 is 0 Å². The molecule has 2 saturated heterocycles. The van der Waals surface area contributed by atoms with Gasteiger partial charge in [-0.1, -0.05) is 12.1 Å². The topological polar surface area (TPSA) is 71.6 Å². The standard InChI is InChI=1S/C21H27N3O5/c1-27-18-5-2-4-17-12-16(15-29-20(17)18)13-22-6-3-7-23(9-8-22)19(25)14-24-10-11-28-21(24)26/h2,4-5,12H,3,6-11,13-15H2,1H3. The molecule has 8 heteroatoms. The van der Waals surface area contributed by atoms with Gasteiger partial charge < -0.3 is 19.1 Å². The molecule has 29 heavy (non-hydrogen) atoms. The van der Waals surface area contributed by atoms with E-state index in [9.17, 15) is 9.59 Å². The first-order chi connectivity index (χ1) is 14.1. The Morgan fingerprint density at radius 3 is 2.83 bits per heavy atom. The minimum atomic E-state index is -0.393. The van der Waals surface area contributed by atoms with Crippen molar-refractivity contribution in [3.05, 3.63) is 29.3 Å². The average Bonchev–Trinajstić information content (AvgIpc) is 2.99.